The van der Waals surface area contributed by atoms with Crippen LogP contribution < -0.4 is 10.2 Å². The first kappa shape index (κ1) is 15.2. The van der Waals surface area contributed by atoms with Crippen molar-refractivity contribution in [2.45, 2.75) is 39.7 Å². The van der Waals surface area contributed by atoms with Crippen molar-refractivity contribution in [1.82, 2.24) is 5.32 Å². The Morgan fingerprint density at radius 2 is 2.15 bits per heavy atom. The Morgan fingerprint density at radius 3 is 2.70 bits per heavy atom. The molecule has 1 aliphatic rings. The van der Waals surface area contributed by atoms with Crippen LogP contribution in [0, 0.1) is 11.8 Å². The molecule has 1 aromatic carbocycles. The second kappa shape index (κ2) is 6.49. The third kappa shape index (κ3) is 3.66. The van der Waals surface area contributed by atoms with Gasteiger partial charge in [0.25, 0.3) is 0 Å². The number of phenolic OH excluding ortho intramolecular Hbond substituents is 1. The molecule has 0 radical (unpaired) electrons. The molecule has 0 aromatic heterocycles. The smallest absolute Gasteiger partial charge is 0.122 e. The van der Waals surface area contributed by atoms with Crippen molar-refractivity contribution in [3.8, 4) is 5.75 Å². The zero-order valence-electron chi connectivity index (χ0n) is 13.2. The summed E-state index contributed by atoms with van der Waals surface area (Å²) in [4.78, 5) is 2.25. The average molecular weight is 276 g/mol. The van der Waals surface area contributed by atoms with Crippen LogP contribution in [0.3, 0.4) is 0 Å². The summed E-state index contributed by atoms with van der Waals surface area (Å²) in [7, 11) is 2.11. The third-order valence-electron chi connectivity index (χ3n) is 4.41. The maximum atomic E-state index is 10.2. The van der Waals surface area contributed by atoms with Gasteiger partial charge in [-0.2, -0.15) is 0 Å². The highest BCUT2D eigenvalue weighted by Gasteiger charge is 2.33. The topological polar surface area (TPSA) is 35.5 Å². The van der Waals surface area contributed by atoms with Crippen LogP contribution in [0.2, 0.25) is 0 Å². The van der Waals surface area contributed by atoms with Crippen molar-refractivity contribution >= 4 is 5.69 Å². The Balaban J connectivity index is 2.00. The summed E-state index contributed by atoms with van der Waals surface area (Å²) in [6, 6.07) is 6.25. The number of hydrogen-bond acceptors (Lipinski definition) is 3. The molecular weight excluding hydrogens is 248 g/mol. The number of aromatic hydroxyl groups is 1. The summed E-state index contributed by atoms with van der Waals surface area (Å²) >= 11 is 0. The van der Waals surface area contributed by atoms with E-state index in [1.165, 1.54) is 6.42 Å². The van der Waals surface area contributed by atoms with E-state index in [0.717, 1.165) is 42.6 Å². The summed E-state index contributed by atoms with van der Waals surface area (Å²) in [5, 5.41) is 13.7. The Labute approximate surface area is 123 Å². The highest BCUT2D eigenvalue weighted by molar-refractivity contribution is 5.53. The Kier molecular flexibility index (Phi) is 4.92. The van der Waals surface area contributed by atoms with E-state index in [1.54, 1.807) is 0 Å². The molecule has 3 unspecified atom stereocenters. The lowest BCUT2D eigenvalue weighted by Crippen LogP contribution is -2.21. The van der Waals surface area contributed by atoms with Gasteiger partial charge in [-0.15, -0.1) is 0 Å². The Bertz CT molecular complexity index is 447. The first-order valence-corrected chi connectivity index (χ1v) is 7.80. The minimum atomic E-state index is 0.192. The molecule has 0 bridgehead atoms. The van der Waals surface area contributed by atoms with Gasteiger partial charge in [0.2, 0.25) is 0 Å². The molecule has 0 saturated heterocycles. The van der Waals surface area contributed by atoms with Crippen molar-refractivity contribution in [2.75, 3.05) is 25.0 Å². The Hall–Kier alpha value is -1.22. The standard InChI is InChI=1S/C17H28N2O/c1-5-8-18-13(3)16-7-6-15(10-17(16)20)19(4)11-14-9-12(14)2/h6-7,10,12-14,18,20H,5,8-9,11H2,1-4H3. The molecule has 2 rings (SSSR count). The molecule has 1 fully saturated rings. The fraction of sp³-hybridized carbons (Fsp3) is 0.647. The quantitative estimate of drug-likeness (QED) is 0.799. The van der Waals surface area contributed by atoms with E-state index in [0.29, 0.717) is 5.75 Å². The van der Waals surface area contributed by atoms with Crippen molar-refractivity contribution in [1.29, 1.82) is 0 Å². The van der Waals surface area contributed by atoms with Gasteiger partial charge in [0, 0.05) is 37.0 Å². The number of benzene rings is 1. The van der Waals surface area contributed by atoms with Crippen molar-refractivity contribution in [3.63, 3.8) is 0 Å². The average Bonchev–Trinajstić information content (AvgIpc) is 3.11. The maximum Gasteiger partial charge on any atom is 0.122 e. The first-order chi connectivity index (χ1) is 9.52. The van der Waals surface area contributed by atoms with E-state index >= 15 is 0 Å². The number of anilines is 1. The monoisotopic (exact) mass is 276 g/mol. The number of nitrogens with zero attached hydrogens (tertiary/aromatic N) is 1. The van der Waals surface area contributed by atoms with Gasteiger partial charge in [-0.25, -0.2) is 0 Å². The second-order valence-corrected chi connectivity index (χ2v) is 6.27. The van der Waals surface area contributed by atoms with E-state index < -0.39 is 0 Å². The molecule has 3 atom stereocenters. The van der Waals surface area contributed by atoms with Crippen LogP contribution in [-0.4, -0.2) is 25.2 Å². The number of nitrogens with one attached hydrogen (secondary N) is 1. The van der Waals surface area contributed by atoms with Gasteiger partial charge in [0.1, 0.15) is 5.75 Å². The highest BCUT2D eigenvalue weighted by atomic mass is 16.3. The summed E-state index contributed by atoms with van der Waals surface area (Å²) in [5.74, 6) is 2.09. The summed E-state index contributed by atoms with van der Waals surface area (Å²) < 4.78 is 0. The lowest BCUT2D eigenvalue weighted by molar-refractivity contribution is 0.452. The number of phenols is 1. The molecule has 2 N–H and O–H groups in total. The van der Waals surface area contributed by atoms with Gasteiger partial charge in [0.15, 0.2) is 0 Å². The molecule has 112 valence electrons. The second-order valence-electron chi connectivity index (χ2n) is 6.27. The van der Waals surface area contributed by atoms with Crippen LogP contribution in [-0.2, 0) is 0 Å². The van der Waals surface area contributed by atoms with Crippen molar-refractivity contribution < 1.29 is 5.11 Å². The van der Waals surface area contributed by atoms with E-state index in [9.17, 15) is 5.11 Å². The molecule has 0 amide bonds. The van der Waals surface area contributed by atoms with Crippen LogP contribution >= 0.6 is 0 Å². The van der Waals surface area contributed by atoms with Crippen LogP contribution in [0.15, 0.2) is 18.2 Å². The van der Waals surface area contributed by atoms with Crippen LogP contribution in [0.4, 0.5) is 5.69 Å². The molecule has 20 heavy (non-hydrogen) atoms. The van der Waals surface area contributed by atoms with Gasteiger partial charge < -0.3 is 15.3 Å². The van der Waals surface area contributed by atoms with E-state index in [4.69, 9.17) is 0 Å². The predicted molar refractivity (Wildman–Crippen MR) is 85.4 cm³/mol. The van der Waals surface area contributed by atoms with Gasteiger partial charge in [-0.05, 0) is 44.2 Å². The third-order valence-corrected chi connectivity index (χ3v) is 4.41. The fourth-order valence-electron chi connectivity index (χ4n) is 2.72. The van der Waals surface area contributed by atoms with Crippen LogP contribution in [0.5, 0.6) is 5.75 Å². The van der Waals surface area contributed by atoms with E-state index in [-0.39, 0.29) is 6.04 Å². The van der Waals surface area contributed by atoms with Gasteiger partial charge >= 0.3 is 0 Å². The minimum absolute atomic E-state index is 0.192. The highest BCUT2D eigenvalue weighted by Crippen LogP contribution is 2.39. The zero-order chi connectivity index (χ0) is 14.7. The Morgan fingerprint density at radius 1 is 1.45 bits per heavy atom. The summed E-state index contributed by atoms with van der Waals surface area (Å²) in [5.41, 5.74) is 2.09. The molecule has 1 aliphatic carbocycles. The van der Waals surface area contributed by atoms with Crippen LogP contribution in [0.25, 0.3) is 0 Å². The molecule has 0 spiro atoms. The minimum Gasteiger partial charge on any atom is -0.508 e. The number of rotatable bonds is 7. The summed E-state index contributed by atoms with van der Waals surface area (Å²) in [6.45, 7) is 8.61. The lowest BCUT2D eigenvalue weighted by Gasteiger charge is -2.22. The molecular formula is C17H28N2O. The fourth-order valence-corrected chi connectivity index (χ4v) is 2.72. The predicted octanol–water partition coefficient (Wildman–Crippen LogP) is 3.55. The van der Waals surface area contributed by atoms with Gasteiger partial charge in [-0.3, -0.25) is 0 Å². The summed E-state index contributed by atoms with van der Waals surface area (Å²) in [6.07, 6.45) is 2.44. The van der Waals surface area contributed by atoms with E-state index in [2.05, 4.69) is 44.1 Å². The molecule has 1 saturated carbocycles. The zero-order valence-corrected chi connectivity index (χ0v) is 13.2. The maximum absolute atomic E-state index is 10.2. The SMILES string of the molecule is CCCNC(C)c1ccc(N(C)CC2CC2C)cc1O. The first-order valence-electron chi connectivity index (χ1n) is 7.80. The van der Waals surface area contributed by atoms with E-state index in [1.807, 2.05) is 12.1 Å². The normalized spacial score (nSPS) is 22.6. The van der Waals surface area contributed by atoms with Gasteiger partial charge in [-0.1, -0.05) is 19.9 Å². The molecule has 0 aliphatic heterocycles. The number of hydrogen-bond donors (Lipinski definition) is 2. The molecule has 1 aromatic rings. The lowest BCUT2D eigenvalue weighted by atomic mass is 10.1. The molecule has 3 heteroatoms. The van der Waals surface area contributed by atoms with Gasteiger partial charge in [0.05, 0.1) is 0 Å². The molecule has 3 nitrogen and oxygen atoms in total. The van der Waals surface area contributed by atoms with Crippen LogP contribution in [0.1, 0.15) is 45.2 Å². The molecule has 0 heterocycles. The van der Waals surface area contributed by atoms with Crippen molar-refractivity contribution in [3.05, 3.63) is 23.8 Å². The largest absolute Gasteiger partial charge is 0.508 e. The van der Waals surface area contributed by atoms with Crippen molar-refractivity contribution in [2.24, 2.45) is 11.8 Å².